The molecule has 2 nitrogen and oxygen atoms in total. The molecule has 2 radical (unpaired) electrons. The summed E-state index contributed by atoms with van der Waals surface area (Å²) in [6.45, 7) is 11.0. The fraction of sp³-hybridized carbons (Fsp3) is 0.600. The number of aliphatic hydroxyl groups is 1. The van der Waals surface area contributed by atoms with Crippen molar-refractivity contribution < 1.29 is 9.53 Å². The Bertz CT molecular complexity index is 375. The summed E-state index contributed by atoms with van der Waals surface area (Å²) in [5.74, 6) is 0.594. The molecule has 1 N–H and O–H groups in total. The van der Waals surface area contributed by atoms with Crippen molar-refractivity contribution in [1.82, 2.24) is 0 Å². The van der Waals surface area contributed by atoms with Crippen LogP contribution >= 0.6 is 0 Å². The molecule has 100 valence electrons. The Morgan fingerprint density at radius 3 is 2.39 bits per heavy atom. The zero-order valence-electron chi connectivity index (χ0n) is 12.0. The normalized spacial score (nSPS) is 13.9. The molecular weight excluding hydrogens is 240 g/mol. The summed E-state index contributed by atoms with van der Waals surface area (Å²) in [5.41, 5.74) is 2.05. The first kappa shape index (κ1) is 15.4. The van der Waals surface area contributed by atoms with Gasteiger partial charge in [-0.3, -0.25) is 0 Å². The highest BCUT2D eigenvalue weighted by Gasteiger charge is 2.26. The van der Waals surface area contributed by atoms with Crippen molar-refractivity contribution in [1.29, 1.82) is 0 Å². The van der Waals surface area contributed by atoms with Gasteiger partial charge in [-0.15, -0.1) is 0 Å². The van der Waals surface area contributed by atoms with Gasteiger partial charge in [-0.05, 0) is 29.0 Å². The van der Waals surface area contributed by atoms with Crippen molar-refractivity contribution in [3.8, 4) is 0 Å². The summed E-state index contributed by atoms with van der Waals surface area (Å²) in [4.78, 5) is 0. The summed E-state index contributed by atoms with van der Waals surface area (Å²) in [6.07, 6.45) is 0.0321. The van der Waals surface area contributed by atoms with Crippen molar-refractivity contribution in [2.75, 3.05) is 0 Å². The second-order valence-electron chi connectivity index (χ2n) is 5.60. The molecule has 0 aliphatic rings. The number of benzene rings is 1. The van der Waals surface area contributed by atoms with Crippen LogP contribution in [0.2, 0.25) is 5.04 Å². The Labute approximate surface area is 113 Å². The van der Waals surface area contributed by atoms with Crippen LogP contribution in [-0.2, 0) is 11.0 Å². The van der Waals surface area contributed by atoms with Gasteiger partial charge in [0.25, 0.3) is 0 Å². The average molecular weight is 264 g/mol. The van der Waals surface area contributed by atoms with Gasteiger partial charge in [-0.25, -0.2) is 0 Å². The van der Waals surface area contributed by atoms with Gasteiger partial charge in [0.05, 0.1) is 12.7 Å². The standard InChI is InChI=1S/C15H24O2Si/c1-11(2)15(4,5)18-17-12(3)14-9-7-6-8-13(14)10-16/h6-9,11-12,16H,10H2,1-5H3. The molecule has 1 rings (SSSR count). The fourth-order valence-electron chi connectivity index (χ4n) is 1.50. The van der Waals surface area contributed by atoms with E-state index in [1.807, 2.05) is 24.3 Å². The molecule has 0 bridgehead atoms. The van der Waals surface area contributed by atoms with Gasteiger partial charge in [0, 0.05) is 0 Å². The Hall–Kier alpha value is -0.643. The Kier molecular flexibility index (Phi) is 5.57. The van der Waals surface area contributed by atoms with Gasteiger partial charge < -0.3 is 9.53 Å². The van der Waals surface area contributed by atoms with Gasteiger partial charge in [0.2, 0.25) is 9.76 Å². The third-order valence-corrected chi connectivity index (χ3v) is 5.18. The van der Waals surface area contributed by atoms with Crippen LogP contribution in [0.1, 0.15) is 51.8 Å². The molecular formula is C15H24O2Si. The maximum Gasteiger partial charge on any atom is 0.237 e. The molecule has 0 spiro atoms. The third-order valence-electron chi connectivity index (χ3n) is 3.61. The number of hydrogen-bond acceptors (Lipinski definition) is 2. The van der Waals surface area contributed by atoms with Crippen molar-refractivity contribution in [3.63, 3.8) is 0 Å². The molecule has 1 aromatic carbocycles. The number of rotatable bonds is 6. The van der Waals surface area contributed by atoms with Crippen LogP contribution in [0.5, 0.6) is 0 Å². The lowest BCUT2D eigenvalue weighted by molar-refractivity contribution is 0.213. The monoisotopic (exact) mass is 264 g/mol. The van der Waals surface area contributed by atoms with Crippen molar-refractivity contribution >= 4 is 9.76 Å². The number of hydrogen-bond donors (Lipinski definition) is 1. The zero-order chi connectivity index (χ0) is 13.8. The van der Waals surface area contributed by atoms with E-state index in [0.717, 1.165) is 11.1 Å². The molecule has 0 heterocycles. The summed E-state index contributed by atoms with van der Waals surface area (Å²) in [7, 11) is 0.461. The highest BCUT2D eigenvalue weighted by molar-refractivity contribution is 6.32. The van der Waals surface area contributed by atoms with Crippen molar-refractivity contribution in [2.24, 2.45) is 5.92 Å². The van der Waals surface area contributed by atoms with Crippen LogP contribution in [0, 0.1) is 5.92 Å². The van der Waals surface area contributed by atoms with Gasteiger partial charge in [0.15, 0.2) is 0 Å². The average Bonchev–Trinajstić information content (AvgIpc) is 2.35. The Morgan fingerprint density at radius 1 is 1.22 bits per heavy atom. The van der Waals surface area contributed by atoms with Gasteiger partial charge in [0.1, 0.15) is 0 Å². The SMILES string of the molecule is CC(O[Si]C(C)(C)C(C)C)c1ccccc1CO. The van der Waals surface area contributed by atoms with E-state index in [1.54, 1.807) is 0 Å². The van der Waals surface area contributed by atoms with E-state index in [0.29, 0.717) is 15.7 Å². The minimum absolute atomic E-state index is 0.0321. The number of aliphatic hydroxyl groups excluding tert-OH is 1. The van der Waals surface area contributed by atoms with Crippen LogP contribution in [0.3, 0.4) is 0 Å². The van der Waals surface area contributed by atoms with E-state index in [9.17, 15) is 5.11 Å². The first-order valence-corrected chi connectivity index (χ1v) is 7.40. The van der Waals surface area contributed by atoms with Crippen LogP contribution < -0.4 is 0 Å². The highest BCUT2D eigenvalue weighted by atomic mass is 28.2. The molecule has 0 amide bonds. The van der Waals surface area contributed by atoms with Crippen LogP contribution in [0.25, 0.3) is 0 Å². The molecule has 0 fully saturated rings. The van der Waals surface area contributed by atoms with E-state index in [2.05, 4.69) is 34.6 Å². The van der Waals surface area contributed by atoms with Crippen LogP contribution in [-0.4, -0.2) is 14.9 Å². The molecule has 1 aromatic rings. The second-order valence-corrected chi connectivity index (χ2v) is 7.32. The van der Waals surface area contributed by atoms with E-state index < -0.39 is 0 Å². The molecule has 0 aliphatic heterocycles. The molecule has 1 atom stereocenters. The third kappa shape index (κ3) is 3.94. The molecule has 0 saturated carbocycles. The molecule has 0 aromatic heterocycles. The smallest absolute Gasteiger partial charge is 0.237 e. The van der Waals surface area contributed by atoms with Gasteiger partial charge in [-0.2, -0.15) is 0 Å². The summed E-state index contributed by atoms with van der Waals surface area (Å²) >= 11 is 0. The van der Waals surface area contributed by atoms with E-state index in [1.165, 1.54) is 0 Å². The second kappa shape index (κ2) is 6.50. The minimum atomic E-state index is 0.0321. The Balaban J connectivity index is 2.68. The lowest BCUT2D eigenvalue weighted by Gasteiger charge is -2.29. The predicted molar refractivity (Wildman–Crippen MR) is 76.5 cm³/mol. The molecule has 18 heavy (non-hydrogen) atoms. The van der Waals surface area contributed by atoms with Crippen molar-refractivity contribution in [2.45, 2.75) is 52.4 Å². The van der Waals surface area contributed by atoms with Crippen LogP contribution in [0.4, 0.5) is 0 Å². The van der Waals surface area contributed by atoms with Crippen molar-refractivity contribution in [3.05, 3.63) is 35.4 Å². The minimum Gasteiger partial charge on any atom is -0.410 e. The largest absolute Gasteiger partial charge is 0.410 e. The molecule has 0 aliphatic carbocycles. The molecule has 1 unspecified atom stereocenters. The summed E-state index contributed by atoms with van der Waals surface area (Å²) < 4.78 is 6.01. The molecule has 0 saturated heterocycles. The quantitative estimate of drug-likeness (QED) is 0.793. The summed E-state index contributed by atoms with van der Waals surface area (Å²) in [5, 5.41) is 9.53. The van der Waals surface area contributed by atoms with Gasteiger partial charge >= 0.3 is 0 Å². The van der Waals surface area contributed by atoms with E-state index in [-0.39, 0.29) is 17.7 Å². The van der Waals surface area contributed by atoms with E-state index in [4.69, 9.17) is 4.43 Å². The topological polar surface area (TPSA) is 29.5 Å². The molecule has 3 heteroatoms. The lowest BCUT2D eigenvalue weighted by Crippen LogP contribution is -2.23. The maximum absolute atomic E-state index is 9.33. The predicted octanol–water partition coefficient (Wildman–Crippen LogP) is 3.73. The zero-order valence-corrected chi connectivity index (χ0v) is 13.0. The maximum atomic E-state index is 9.33. The van der Waals surface area contributed by atoms with Gasteiger partial charge in [-0.1, -0.05) is 52.0 Å². The first-order chi connectivity index (χ1) is 8.38. The first-order valence-electron chi connectivity index (χ1n) is 6.50. The lowest BCUT2D eigenvalue weighted by atomic mass is 9.99. The fourth-order valence-corrected chi connectivity index (χ4v) is 2.34. The summed E-state index contributed by atoms with van der Waals surface area (Å²) in [6, 6.07) is 7.92. The highest BCUT2D eigenvalue weighted by Crippen LogP contribution is 2.34. The van der Waals surface area contributed by atoms with Crippen LogP contribution in [0.15, 0.2) is 24.3 Å². The Morgan fingerprint density at radius 2 is 1.83 bits per heavy atom. The van der Waals surface area contributed by atoms with E-state index >= 15 is 0 Å².